The number of phenolic OH excluding ortho intramolecular Hbond substituents is 2. The summed E-state index contributed by atoms with van der Waals surface area (Å²) in [7, 11) is 0. The molecule has 0 aliphatic carbocycles. The summed E-state index contributed by atoms with van der Waals surface area (Å²) in [6, 6.07) is 8.49. The predicted molar refractivity (Wildman–Crippen MR) is 135 cm³/mol. The van der Waals surface area contributed by atoms with E-state index >= 15 is 0 Å². The summed E-state index contributed by atoms with van der Waals surface area (Å²) >= 11 is 0. The van der Waals surface area contributed by atoms with E-state index in [4.69, 9.17) is 11.5 Å². The Balaban J connectivity index is 2.04. The van der Waals surface area contributed by atoms with Gasteiger partial charge >= 0.3 is 5.97 Å². The molecule has 38 heavy (non-hydrogen) atoms. The molecule has 204 valence electrons. The minimum atomic E-state index is -1.38. The third-order valence-electron chi connectivity index (χ3n) is 5.47. The Morgan fingerprint density at radius 2 is 1.29 bits per heavy atom. The maximum absolute atomic E-state index is 12.9. The first-order chi connectivity index (χ1) is 17.9. The summed E-state index contributed by atoms with van der Waals surface area (Å²) in [6.07, 6.45) is -0.344. The minimum Gasteiger partial charge on any atom is -0.508 e. The normalized spacial score (nSPS) is 13.0. The van der Waals surface area contributed by atoms with Crippen molar-refractivity contribution in [2.45, 2.75) is 43.8 Å². The molecule has 0 aromatic heterocycles. The van der Waals surface area contributed by atoms with Crippen molar-refractivity contribution in [3.8, 4) is 11.5 Å². The van der Waals surface area contributed by atoms with Gasteiger partial charge in [0.05, 0.1) is 12.6 Å². The van der Waals surface area contributed by atoms with Gasteiger partial charge in [0.15, 0.2) is 0 Å². The molecule has 13 nitrogen and oxygen atoms in total. The van der Waals surface area contributed by atoms with E-state index in [9.17, 15) is 39.3 Å². The van der Waals surface area contributed by atoms with Gasteiger partial charge in [-0.05, 0) is 48.2 Å². The number of primary amides is 1. The van der Waals surface area contributed by atoms with E-state index in [2.05, 4.69) is 16.0 Å². The predicted octanol–water partition coefficient (Wildman–Crippen LogP) is -1.35. The Bertz CT molecular complexity index is 1140. The summed E-state index contributed by atoms with van der Waals surface area (Å²) in [6.45, 7) is -0.597. The third kappa shape index (κ3) is 10.1. The van der Waals surface area contributed by atoms with Crippen LogP contribution in [0.5, 0.6) is 11.5 Å². The van der Waals surface area contributed by atoms with Crippen molar-refractivity contribution in [1.82, 2.24) is 16.0 Å². The lowest BCUT2D eigenvalue weighted by Crippen LogP contribution is -2.54. The van der Waals surface area contributed by atoms with Crippen molar-refractivity contribution in [1.29, 1.82) is 0 Å². The fourth-order valence-corrected chi connectivity index (χ4v) is 3.41. The number of carbonyl (C=O) groups excluding carboxylic acids is 4. The third-order valence-corrected chi connectivity index (χ3v) is 5.47. The molecule has 0 bridgehead atoms. The van der Waals surface area contributed by atoms with E-state index in [1.807, 2.05) is 0 Å². The highest BCUT2D eigenvalue weighted by Gasteiger charge is 2.26. The van der Waals surface area contributed by atoms with Gasteiger partial charge in [0, 0.05) is 12.8 Å². The Hall–Kier alpha value is -4.65. The number of hydrogen-bond acceptors (Lipinski definition) is 8. The number of carboxylic acids is 1. The Labute approximate surface area is 218 Å². The Kier molecular flexibility index (Phi) is 11.0. The number of amides is 4. The molecule has 3 unspecified atom stereocenters. The summed E-state index contributed by atoms with van der Waals surface area (Å²) in [5.41, 5.74) is 12.3. The number of benzene rings is 2. The van der Waals surface area contributed by atoms with Crippen LogP contribution in [0.3, 0.4) is 0 Å². The quantitative estimate of drug-likeness (QED) is 0.144. The van der Waals surface area contributed by atoms with Crippen LogP contribution in [0.25, 0.3) is 0 Å². The Morgan fingerprint density at radius 3 is 1.79 bits per heavy atom. The van der Waals surface area contributed by atoms with Crippen molar-refractivity contribution >= 4 is 29.6 Å². The number of nitrogens with two attached hydrogens (primary N) is 2. The van der Waals surface area contributed by atoms with Crippen molar-refractivity contribution in [2.24, 2.45) is 11.5 Å². The van der Waals surface area contributed by atoms with Crippen LogP contribution in [0.1, 0.15) is 24.0 Å². The summed E-state index contributed by atoms with van der Waals surface area (Å²) in [5, 5.41) is 35.2. The van der Waals surface area contributed by atoms with Gasteiger partial charge in [-0.3, -0.25) is 19.2 Å². The molecule has 0 aliphatic rings. The topological polar surface area (TPSA) is 234 Å². The van der Waals surface area contributed by atoms with Gasteiger partial charge in [-0.25, -0.2) is 4.79 Å². The molecule has 3 atom stereocenters. The number of carbonyl (C=O) groups is 5. The first kappa shape index (κ1) is 29.6. The molecule has 2 aromatic carbocycles. The van der Waals surface area contributed by atoms with E-state index in [0.29, 0.717) is 11.1 Å². The van der Waals surface area contributed by atoms with Crippen LogP contribution in [-0.2, 0) is 36.8 Å². The second-order valence-corrected chi connectivity index (χ2v) is 8.59. The molecule has 10 N–H and O–H groups in total. The van der Waals surface area contributed by atoms with Crippen molar-refractivity contribution < 1.29 is 39.3 Å². The van der Waals surface area contributed by atoms with Gasteiger partial charge in [-0.1, -0.05) is 24.3 Å². The highest BCUT2D eigenvalue weighted by Crippen LogP contribution is 2.13. The van der Waals surface area contributed by atoms with Crippen LogP contribution in [0.4, 0.5) is 0 Å². The first-order valence-electron chi connectivity index (χ1n) is 11.6. The number of rotatable bonds is 14. The smallest absolute Gasteiger partial charge is 0.326 e. The van der Waals surface area contributed by atoms with E-state index in [0.717, 1.165) is 0 Å². The summed E-state index contributed by atoms with van der Waals surface area (Å²) in [4.78, 5) is 60.1. The van der Waals surface area contributed by atoms with Gasteiger partial charge in [-0.15, -0.1) is 0 Å². The molecule has 13 heteroatoms. The molecular formula is C25H31N5O8. The Morgan fingerprint density at radius 1 is 0.763 bits per heavy atom. The zero-order valence-electron chi connectivity index (χ0n) is 20.4. The maximum atomic E-state index is 12.9. The standard InChI is InChI=1S/C25H31N5O8/c26-18(11-14-1-5-16(31)6-2-14)23(35)30-20(12-15-3-7-17(32)8-4-15)24(36)28-13-22(34)29-19(25(37)38)9-10-21(27)33/h1-8,18-20,31-32H,9-13,26H2,(H2,27,33)(H,28,36)(H,29,34)(H,30,35)(H,37,38). The zero-order chi connectivity index (χ0) is 28.2. The van der Waals surface area contributed by atoms with E-state index < -0.39 is 54.3 Å². The number of aliphatic carboxylic acids is 1. The minimum absolute atomic E-state index is 0.00175. The van der Waals surface area contributed by atoms with Crippen molar-refractivity contribution in [2.75, 3.05) is 6.54 Å². The second kappa shape index (κ2) is 14.2. The molecule has 0 heterocycles. The molecule has 0 aliphatic heterocycles. The van der Waals surface area contributed by atoms with Crippen LogP contribution < -0.4 is 27.4 Å². The van der Waals surface area contributed by atoms with E-state index in [1.54, 1.807) is 24.3 Å². The monoisotopic (exact) mass is 529 g/mol. The highest BCUT2D eigenvalue weighted by atomic mass is 16.4. The van der Waals surface area contributed by atoms with Crippen LogP contribution in [0.2, 0.25) is 0 Å². The number of carboxylic acid groups (broad SMARTS) is 1. The summed E-state index contributed by atoms with van der Waals surface area (Å²) in [5.74, 6) is -4.23. The van der Waals surface area contributed by atoms with Gasteiger partial charge < -0.3 is 42.7 Å². The van der Waals surface area contributed by atoms with Gasteiger partial charge in [-0.2, -0.15) is 0 Å². The van der Waals surface area contributed by atoms with Crippen LogP contribution in [0, 0.1) is 0 Å². The zero-order valence-corrected chi connectivity index (χ0v) is 20.4. The molecule has 2 rings (SSSR count). The van der Waals surface area contributed by atoms with Gasteiger partial charge in [0.1, 0.15) is 23.6 Å². The largest absolute Gasteiger partial charge is 0.508 e. The fraction of sp³-hybridized carbons (Fsp3) is 0.320. The number of phenols is 2. The lowest BCUT2D eigenvalue weighted by Gasteiger charge is -2.21. The lowest BCUT2D eigenvalue weighted by atomic mass is 10.0. The van der Waals surface area contributed by atoms with Crippen LogP contribution >= 0.6 is 0 Å². The molecule has 0 fully saturated rings. The highest BCUT2D eigenvalue weighted by molar-refractivity contribution is 5.93. The molecule has 0 saturated heterocycles. The van der Waals surface area contributed by atoms with E-state index in [-0.39, 0.29) is 37.2 Å². The average molecular weight is 530 g/mol. The van der Waals surface area contributed by atoms with Crippen LogP contribution in [0.15, 0.2) is 48.5 Å². The number of hydrogen-bond donors (Lipinski definition) is 8. The number of nitrogens with one attached hydrogen (secondary N) is 3. The molecule has 4 amide bonds. The van der Waals surface area contributed by atoms with E-state index in [1.165, 1.54) is 24.3 Å². The maximum Gasteiger partial charge on any atom is 0.326 e. The molecular weight excluding hydrogens is 498 g/mol. The lowest BCUT2D eigenvalue weighted by molar-refractivity contribution is -0.142. The molecule has 0 saturated carbocycles. The van der Waals surface area contributed by atoms with Crippen molar-refractivity contribution in [3.63, 3.8) is 0 Å². The number of aromatic hydroxyl groups is 2. The average Bonchev–Trinajstić information content (AvgIpc) is 2.86. The van der Waals surface area contributed by atoms with Crippen molar-refractivity contribution in [3.05, 3.63) is 59.7 Å². The first-order valence-corrected chi connectivity index (χ1v) is 11.6. The molecule has 0 radical (unpaired) electrons. The summed E-state index contributed by atoms with van der Waals surface area (Å²) < 4.78 is 0. The SMILES string of the molecule is NC(=O)CCC(NC(=O)CNC(=O)C(Cc1ccc(O)cc1)NC(=O)C(N)Cc1ccc(O)cc1)C(=O)O. The van der Waals surface area contributed by atoms with Gasteiger partial charge in [0.2, 0.25) is 23.6 Å². The van der Waals surface area contributed by atoms with Gasteiger partial charge in [0.25, 0.3) is 0 Å². The molecule has 2 aromatic rings. The fourth-order valence-electron chi connectivity index (χ4n) is 3.41. The van der Waals surface area contributed by atoms with Crippen LogP contribution in [-0.4, -0.2) is 69.6 Å². The second-order valence-electron chi connectivity index (χ2n) is 8.59. The molecule has 0 spiro atoms.